The van der Waals surface area contributed by atoms with Crippen LogP contribution in [0.2, 0.25) is 0 Å². The molecule has 0 saturated heterocycles. The fraction of sp³-hybridized carbons (Fsp3) is 0.250. The fourth-order valence-corrected chi connectivity index (χ4v) is 1.27. The zero-order valence-electron chi connectivity index (χ0n) is 8.26. The number of anilines is 1. The highest BCUT2D eigenvalue weighted by atomic mass is 16.5. The first-order valence-electron chi connectivity index (χ1n) is 4.19. The second kappa shape index (κ2) is 3.19. The number of hydrogen-bond donors (Lipinski definition) is 1. The fourth-order valence-electron chi connectivity index (χ4n) is 1.27. The summed E-state index contributed by atoms with van der Waals surface area (Å²) in [5.74, 6) is 0.0150. The van der Waals surface area contributed by atoms with Crippen molar-refractivity contribution in [1.82, 2.24) is 19.6 Å². The Balaban J connectivity index is 2.69. The summed E-state index contributed by atoms with van der Waals surface area (Å²) in [5, 5.41) is 3.90. The lowest BCUT2D eigenvalue weighted by molar-refractivity contribution is 0.0598. The van der Waals surface area contributed by atoms with E-state index in [2.05, 4.69) is 19.8 Å². The zero-order valence-corrected chi connectivity index (χ0v) is 8.26. The van der Waals surface area contributed by atoms with Gasteiger partial charge in [0.25, 0.3) is 5.78 Å². The molecule has 2 N–H and O–H groups in total. The van der Waals surface area contributed by atoms with Crippen molar-refractivity contribution in [3.05, 3.63) is 17.5 Å². The van der Waals surface area contributed by atoms with E-state index < -0.39 is 5.97 Å². The molecule has 78 valence electrons. The van der Waals surface area contributed by atoms with Crippen LogP contribution >= 0.6 is 0 Å². The molecule has 7 nitrogen and oxygen atoms in total. The van der Waals surface area contributed by atoms with Crippen LogP contribution in [0.25, 0.3) is 5.78 Å². The maximum absolute atomic E-state index is 11.3. The lowest BCUT2D eigenvalue weighted by Crippen LogP contribution is -2.09. The number of aromatic nitrogens is 4. The van der Waals surface area contributed by atoms with E-state index in [9.17, 15) is 4.79 Å². The van der Waals surface area contributed by atoms with Gasteiger partial charge in [-0.25, -0.2) is 9.78 Å². The molecule has 2 heterocycles. The summed E-state index contributed by atoms with van der Waals surface area (Å²) < 4.78 is 6.01. The average Bonchev–Trinajstić information content (AvgIpc) is 2.59. The maximum atomic E-state index is 11.3. The van der Waals surface area contributed by atoms with Crippen LogP contribution in [-0.2, 0) is 4.74 Å². The van der Waals surface area contributed by atoms with Gasteiger partial charge in [0, 0.05) is 6.20 Å². The number of nitrogen functional groups attached to an aromatic ring is 1. The van der Waals surface area contributed by atoms with Crippen LogP contribution in [-0.4, -0.2) is 32.7 Å². The summed E-state index contributed by atoms with van der Waals surface area (Å²) in [7, 11) is 1.31. The molecule has 7 heteroatoms. The molecule has 0 radical (unpaired) electrons. The van der Waals surface area contributed by atoms with Gasteiger partial charge in [-0.15, -0.1) is 5.10 Å². The Hall–Kier alpha value is -2.18. The summed E-state index contributed by atoms with van der Waals surface area (Å²) in [4.78, 5) is 19.1. The van der Waals surface area contributed by atoms with E-state index in [0.717, 1.165) is 0 Å². The number of nitrogens with two attached hydrogens (primary N) is 1. The van der Waals surface area contributed by atoms with Crippen LogP contribution in [0.1, 0.15) is 16.1 Å². The summed E-state index contributed by atoms with van der Waals surface area (Å²) in [6.07, 6.45) is 1.39. The van der Waals surface area contributed by atoms with Crippen LogP contribution in [0.5, 0.6) is 0 Å². The number of fused-ring (bicyclic) bond motifs is 1. The largest absolute Gasteiger partial charge is 0.465 e. The average molecular weight is 207 g/mol. The van der Waals surface area contributed by atoms with Crippen molar-refractivity contribution in [2.45, 2.75) is 6.92 Å². The Morgan fingerprint density at radius 3 is 3.00 bits per heavy atom. The Morgan fingerprint density at radius 1 is 1.60 bits per heavy atom. The number of carbonyl (C=O) groups excluding carboxylic acids is 1. The molecular weight excluding hydrogens is 198 g/mol. The molecule has 0 saturated carbocycles. The molecule has 0 aliphatic heterocycles. The van der Waals surface area contributed by atoms with Gasteiger partial charge in [0.05, 0.1) is 18.4 Å². The Kier molecular flexibility index (Phi) is 2.00. The van der Waals surface area contributed by atoms with Gasteiger partial charge in [-0.1, -0.05) is 0 Å². The third-order valence-corrected chi connectivity index (χ3v) is 2.03. The minimum atomic E-state index is -0.462. The van der Waals surface area contributed by atoms with Crippen molar-refractivity contribution in [3.8, 4) is 0 Å². The minimum absolute atomic E-state index is 0.118. The zero-order chi connectivity index (χ0) is 11.0. The van der Waals surface area contributed by atoms with E-state index in [0.29, 0.717) is 17.0 Å². The number of aryl methyl sites for hydroxylation is 1. The Bertz CT molecular complexity index is 533. The molecule has 0 aliphatic carbocycles. The number of nitrogens with zero attached hydrogens (tertiary/aromatic N) is 4. The first-order chi connectivity index (χ1) is 7.13. The molecule has 0 bridgehead atoms. The van der Waals surface area contributed by atoms with Crippen LogP contribution < -0.4 is 5.73 Å². The van der Waals surface area contributed by atoms with Gasteiger partial charge < -0.3 is 10.5 Å². The van der Waals surface area contributed by atoms with Crippen LogP contribution in [0, 0.1) is 6.92 Å². The van der Waals surface area contributed by atoms with Gasteiger partial charge in [-0.3, -0.25) is 0 Å². The third-order valence-electron chi connectivity index (χ3n) is 2.03. The van der Waals surface area contributed by atoms with Crippen LogP contribution in [0.4, 0.5) is 5.95 Å². The first kappa shape index (κ1) is 9.38. The summed E-state index contributed by atoms with van der Waals surface area (Å²) in [5.41, 5.74) is 6.35. The number of ether oxygens (including phenoxy) is 1. The molecule has 0 fully saturated rings. The Morgan fingerprint density at radius 2 is 2.33 bits per heavy atom. The highest BCUT2D eigenvalue weighted by Gasteiger charge is 2.14. The van der Waals surface area contributed by atoms with Crippen LogP contribution in [0.15, 0.2) is 6.20 Å². The molecule has 15 heavy (non-hydrogen) atoms. The molecule has 0 spiro atoms. The summed E-state index contributed by atoms with van der Waals surface area (Å²) in [6.45, 7) is 1.72. The SMILES string of the molecule is COC(=O)c1cnc2nc(N)nn2c1C. The van der Waals surface area contributed by atoms with Crippen molar-refractivity contribution in [2.75, 3.05) is 12.8 Å². The monoisotopic (exact) mass is 207 g/mol. The molecule has 2 aromatic heterocycles. The molecule has 2 rings (SSSR count). The van der Waals surface area contributed by atoms with E-state index in [1.165, 1.54) is 17.8 Å². The van der Waals surface area contributed by atoms with E-state index in [1.807, 2.05) is 0 Å². The molecule has 2 aromatic rings. The molecule has 0 atom stereocenters. The second-order valence-electron chi connectivity index (χ2n) is 2.93. The molecule has 0 unspecified atom stereocenters. The van der Waals surface area contributed by atoms with Crippen molar-refractivity contribution < 1.29 is 9.53 Å². The summed E-state index contributed by atoms with van der Waals surface area (Å²) >= 11 is 0. The number of methoxy groups -OCH3 is 1. The predicted octanol–water partition coefficient (Wildman–Crippen LogP) is -0.198. The molecule has 0 aromatic carbocycles. The first-order valence-corrected chi connectivity index (χ1v) is 4.19. The lowest BCUT2D eigenvalue weighted by atomic mass is 10.2. The van der Waals surface area contributed by atoms with E-state index in [-0.39, 0.29) is 5.95 Å². The smallest absolute Gasteiger partial charge is 0.341 e. The van der Waals surface area contributed by atoms with E-state index in [1.54, 1.807) is 6.92 Å². The van der Waals surface area contributed by atoms with Crippen LogP contribution in [0.3, 0.4) is 0 Å². The summed E-state index contributed by atoms with van der Waals surface area (Å²) in [6, 6.07) is 0. The van der Waals surface area contributed by atoms with Crippen molar-refractivity contribution in [3.63, 3.8) is 0 Å². The van der Waals surface area contributed by atoms with Gasteiger partial charge >= 0.3 is 5.97 Å². The van der Waals surface area contributed by atoms with Crippen molar-refractivity contribution in [2.24, 2.45) is 0 Å². The highest BCUT2D eigenvalue weighted by molar-refractivity contribution is 5.90. The van der Waals surface area contributed by atoms with Gasteiger partial charge in [0.1, 0.15) is 0 Å². The minimum Gasteiger partial charge on any atom is -0.465 e. The third kappa shape index (κ3) is 1.37. The molecular formula is C8H9N5O2. The number of carbonyl (C=O) groups is 1. The number of hydrogen-bond acceptors (Lipinski definition) is 6. The standard InChI is InChI=1S/C8H9N5O2/c1-4-5(6(14)15-2)3-10-8-11-7(9)12-13(4)8/h3H,1-2H3,(H2,9,12). The van der Waals surface area contributed by atoms with E-state index in [4.69, 9.17) is 5.73 Å². The number of esters is 1. The molecule has 0 amide bonds. The van der Waals surface area contributed by atoms with Gasteiger partial charge in [0.15, 0.2) is 0 Å². The van der Waals surface area contributed by atoms with Gasteiger partial charge in [-0.05, 0) is 6.92 Å². The number of rotatable bonds is 1. The Labute approximate surface area is 84.9 Å². The van der Waals surface area contributed by atoms with Crippen molar-refractivity contribution in [1.29, 1.82) is 0 Å². The lowest BCUT2D eigenvalue weighted by Gasteiger charge is -2.03. The normalized spacial score (nSPS) is 10.5. The van der Waals surface area contributed by atoms with Crippen molar-refractivity contribution >= 4 is 17.7 Å². The van der Waals surface area contributed by atoms with Gasteiger partial charge in [-0.2, -0.15) is 9.50 Å². The van der Waals surface area contributed by atoms with Gasteiger partial charge in [0.2, 0.25) is 5.95 Å². The quantitative estimate of drug-likeness (QED) is 0.650. The maximum Gasteiger partial charge on any atom is 0.341 e. The molecule has 0 aliphatic rings. The predicted molar refractivity (Wildman–Crippen MR) is 51.3 cm³/mol. The second-order valence-corrected chi connectivity index (χ2v) is 2.93. The highest BCUT2D eigenvalue weighted by Crippen LogP contribution is 2.09. The van der Waals surface area contributed by atoms with E-state index >= 15 is 0 Å². The topological polar surface area (TPSA) is 95.4 Å².